The average molecular weight is 416 g/mol. The number of halogens is 1. The summed E-state index contributed by atoms with van der Waals surface area (Å²) < 4.78 is 5.35. The van der Waals surface area contributed by atoms with Crippen LogP contribution >= 0.6 is 11.6 Å². The number of hydrogen-bond donors (Lipinski definition) is 0. The van der Waals surface area contributed by atoms with Crippen molar-refractivity contribution in [2.24, 2.45) is 0 Å². The third-order valence-electron chi connectivity index (χ3n) is 4.77. The number of benzene rings is 3. The highest BCUT2D eigenvalue weighted by Gasteiger charge is 2.17. The van der Waals surface area contributed by atoms with Gasteiger partial charge in [0.1, 0.15) is 0 Å². The minimum atomic E-state index is -0.595. The van der Waals surface area contributed by atoms with Crippen LogP contribution in [-0.4, -0.2) is 23.3 Å². The van der Waals surface area contributed by atoms with Crippen molar-refractivity contribution in [1.82, 2.24) is 4.98 Å². The van der Waals surface area contributed by atoms with E-state index in [9.17, 15) is 9.59 Å². The molecule has 0 amide bonds. The lowest BCUT2D eigenvalue weighted by atomic mass is 10.0. The maximum Gasteiger partial charge on any atom is 0.339 e. The second-order valence-electron chi connectivity index (χ2n) is 6.95. The zero-order valence-electron chi connectivity index (χ0n) is 16.3. The van der Waals surface area contributed by atoms with Gasteiger partial charge in [0.25, 0.3) is 0 Å². The number of fused-ring (bicyclic) bond motifs is 1. The van der Waals surface area contributed by atoms with Crippen LogP contribution < -0.4 is 0 Å². The number of carbonyl (C=O) groups excluding carboxylic acids is 2. The molecule has 0 aliphatic carbocycles. The summed E-state index contributed by atoms with van der Waals surface area (Å²) in [5.41, 5.74) is 4.01. The Balaban J connectivity index is 1.66. The average Bonchev–Trinajstić information content (AvgIpc) is 2.77. The highest BCUT2D eigenvalue weighted by atomic mass is 35.5. The molecule has 5 heteroatoms. The molecular weight excluding hydrogens is 398 g/mol. The maximum absolute atomic E-state index is 12.9. The summed E-state index contributed by atoms with van der Waals surface area (Å²) >= 11 is 6.14. The first-order valence-corrected chi connectivity index (χ1v) is 9.82. The number of carbonyl (C=O) groups is 2. The monoisotopic (exact) mass is 415 g/mol. The number of ketones is 1. The van der Waals surface area contributed by atoms with Gasteiger partial charge in [0, 0.05) is 21.5 Å². The van der Waals surface area contributed by atoms with Gasteiger partial charge in [0.2, 0.25) is 0 Å². The predicted octanol–water partition coefficient (Wildman–Crippen LogP) is 5.90. The van der Waals surface area contributed by atoms with E-state index in [0.717, 1.165) is 11.1 Å². The van der Waals surface area contributed by atoms with Gasteiger partial charge in [-0.1, -0.05) is 71.8 Å². The van der Waals surface area contributed by atoms with E-state index >= 15 is 0 Å². The number of ether oxygens (including phenoxy) is 1. The van der Waals surface area contributed by atoms with Gasteiger partial charge in [0.05, 0.1) is 16.8 Å². The van der Waals surface area contributed by atoms with Gasteiger partial charge in [0.15, 0.2) is 12.4 Å². The van der Waals surface area contributed by atoms with Crippen molar-refractivity contribution < 1.29 is 14.3 Å². The Kier molecular flexibility index (Phi) is 5.59. The van der Waals surface area contributed by atoms with Crippen LogP contribution in [0.25, 0.3) is 22.2 Å². The number of Topliss-reactive ketones (excluding diaryl/α,β-unsaturated/α-hetero) is 1. The predicted molar refractivity (Wildman–Crippen MR) is 118 cm³/mol. The SMILES string of the molecule is Cc1ccc(C(=O)COC(=O)c2cc(-c3ccccc3)nc3ccc(Cl)cc23)cc1. The van der Waals surface area contributed by atoms with E-state index in [4.69, 9.17) is 16.3 Å². The number of aromatic nitrogens is 1. The van der Waals surface area contributed by atoms with Crippen LogP contribution in [0.5, 0.6) is 0 Å². The highest BCUT2D eigenvalue weighted by molar-refractivity contribution is 6.31. The van der Waals surface area contributed by atoms with Gasteiger partial charge in [-0.3, -0.25) is 4.79 Å². The molecule has 1 heterocycles. The third kappa shape index (κ3) is 4.24. The van der Waals surface area contributed by atoms with E-state index in [-0.39, 0.29) is 12.4 Å². The van der Waals surface area contributed by atoms with Crippen molar-refractivity contribution in [1.29, 1.82) is 0 Å². The Bertz CT molecular complexity index is 1230. The van der Waals surface area contributed by atoms with Crippen molar-refractivity contribution in [3.63, 3.8) is 0 Å². The fraction of sp³-hybridized carbons (Fsp3) is 0.0800. The molecule has 0 unspecified atom stereocenters. The molecule has 0 aliphatic heterocycles. The van der Waals surface area contributed by atoms with E-state index in [1.54, 1.807) is 36.4 Å². The minimum absolute atomic E-state index is 0.261. The normalized spacial score (nSPS) is 10.7. The fourth-order valence-electron chi connectivity index (χ4n) is 3.16. The van der Waals surface area contributed by atoms with E-state index in [1.165, 1.54) is 0 Å². The van der Waals surface area contributed by atoms with Gasteiger partial charge < -0.3 is 4.74 Å². The summed E-state index contributed by atoms with van der Waals surface area (Å²) in [7, 11) is 0. The Morgan fingerprint density at radius 3 is 2.40 bits per heavy atom. The largest absolute Gasteiger partial charge is 0.454 e. The van der Waals surface area contributed by atoms with Gasteiger partial charge in [-0.15, -0.1) is 0 Å². The Morgan fingerprint density at radius 2 is 1.67 bits per heavy atom. The zero-order valence-corrected chi connectivity index (χ0v) is 17.0. The van der Waals surface area contributed by atoms with Crippen molar-refractivity contribution in [3.8, 4) is 11.3 Å². The first kappa shape index (κ1) is 19.8. The zero-order chi connectivity index (χ0) is 21.1. The summed E-state index contributed by atoms with van der Waals surface area (Å²) in [6, 6.07) is 23.5. The summed E-state index contributed by atoms with van der Waals surface area (Å²) in [5, 5.41) is 1.07. The summed E-state index contributed by atoms with van der Waals surface area (Å²) in [6.07, 6.45) is 0. The number of rotatable bonds is 5. The van der Waals surface area contributed by atoms with Gasteiger partial charge >= 0.3 is 5.97 Å². The van der Waals surface area contributed by atoms with Crippen LogP contribution in [-0.2, 0) is 4.74 Å². The van der Waals surface area contributed by atoms with Crippen molar-refractivity contribution in [2.75, 3.05) is 6.61 Å². The quantitative estimate of drug-likeness (QED) is 0.300. The molecule has 0 saturated carbocycles. The lowest BCUT2D eigenvalue weighted by Crippen LogP contribution is -2.15. The standard InChI is InChI=1S/C25H18ClNO3/c1-16-7-9-18(10-8-16)24(28)15-30-25(29)21-14-23(17-5-3-2-4-6-17)27-22-12-11-19(26)13-20(21)22/h2-14H,15H2,1H3. The number of hydrogen-bond acceptors (Lipinski definition) is 4. The molecule has 0 N–H and O–H groups in total. The molecule has 0 radical (unpaired) electrons. The van der Waals surface area contributed by atoms with Crippen LogP contribution in [0.15, 0.2) is 78.9 Å². The lowest BCUT2D eigenvalue weighted by Gasteiger charge is -2.10. The Labute approximate surface area is 179 Å². The Hall–Kier alpha value is -3.50. The highest BCUT2D eigenvalue weighted by Crippen LogP contribution is 2.27. The van der Waals surface area contributed by atoms with Crippen molar-refractivity contribution in [3.05, 3.63) is 101 Å². The fourth-order valence-corrected chi connectivity index (χ4v) is 3.33. The van der Waals surface area contributed by atoms with Crippen LogP contribution in [0.2, 0.25) is 5.02 Å². The van der Waals surface area contributed by atoms with Gasteiger partial charge in [-0.25, -0.2) is 9.78 Å². The summed E-state index contributed by atoms with van der Waals surface area (Å²) in [4.78, 5) is 29.9. The number of aryl methyl sites for hydroxylation is 1. The van der Waals surface area contributed by atoms with E-state index in [0.29, 0.717) is 32.7 Å². The summed E-state index contributed by atoms with van der Waals surface area (Å²) in [6.45, 7) is 1.60. The molecule has 0 fully saturated rings. The number of nitrogens with zero attached hydrogens (tertiary/aromatic N) is 1. The minimum Gasteiger partial charge on any atom is -0.454 e. The third-order valence-corrected chi connectivity index (χ3v) is 5.00. The second-order valence-corrected chi connectivity index (χ2v) is 7.38. The van der Waals surface area contributed by atoms with Crippen molar-refractivity contribution >= 4 is 34.3 Å². The summed E-state index contributed by atoms with van der Waals surface area (Å²) in [5.74, 6) is -0.856. The molecule has 0 atom stereocenters. The smallest absolute Gasteiger partial charge is 0.339 e. The second kappa shape index (κ2) is 8.47. The van der Waals surface area contributed by atoms with Crippen LogP contribution in [0, 0.1) is 6.92 Å². The first-order valence-electron chi connectivity index (χ1n) is 9.44. The molecule has 4 rings (SSSR count). The maximum atomic E-state index is 12.9. The van der Waals surface area contributed by atoms with Crippen LogP contribution in [0.4, 0.5) is 0 Å². The molecule has 4 nitrogen and oxygen atoms in total. The lowest BCUT2D eigenvalue weighted by molar-refractivity contribution is 0.0476. The molecule has 3 aromatic carbocycles. The van der Waals surface area contributed by atoms with E-state index < -0.39 is 5.97 Å². The van der Waals surface area contributed by atoms with Crippen LogP contribution in [0.3, 0.4) is 0 Å². The topological polar surface area (TPSA) is 56.3 Å². The van der Waals surface area contributed by atoms with Gasteiger partial charge in [-0.2, -0.15) is 0 Å². The molecule has 4 aromatic rings. The number of pyridine rings is 1. The Morgan fingerprint density at radius 1 is 0.933 bits per heavy atom. The molecule has 148 valence electrons. The molecular formula is C25H18ClNO3. The molecule has 1 aromatic heterocycles. The van der Waals surface area contributed by atoms with E-state index in [1.807, 2.05) is 49.4 Å². The number of esters is 1. The molecule has 30 heavy (non-hydrogen) atoms. The van der Waals surface area contributed by atoms with Crippen molar-refractivity contribution in [2.45, 2.75) is 6.92 Å². The van der Waals surface area contributed by atoms with Gasteiger partial charge in [-0.05, 0) is 31.2 Å². The van der Waals surface area contributed by atoms with Crippen LogP contribution in [0.1, 0.15) is 26.3 Å². The van der Waals surface area contributed by atoms with E-state index in [2.05, 4.69) is 4.98 Å². The molecule has 0 saturated heterocycles. The molecule has 0 spiro atoms. The molecule has 0 bridgehead atoms. The first-order chi connectivity index (χ1) is 14.5. The molecule has 0 aliphatic rings.